The summed E-state index contributed by atoms with van der Waals surface area (Å²) in [6.45, 7) is 6.08. The fourth-order valence-electron chi connectivity index (χ4n) is 2.58. The predicted octanol–water partition coefficient (Wildman–Crippen LogP) is 1.47. The molecule has 4 nitrogen and oxygen atoms in total. The minimum absolute atomic E-state index is 0.541. The van der Waals surface area contributed by atoms with Crippen molar-refractivity contribution in [3.05, 3.63) is 0 Å². The minimum Gasteiger partial charge on any atom is -0.378 e. The third-order valence-corrected chi connectivity index (χ3v) is 3.71. The summed E-state index contributed by atoms with van der Waals surface area (Å²) in [6.07, 6.45) is 5.46. The van der Waals surface area contributed by atoms with Crippen LogP contribution in [0.2, 0.25) is 0 Å². The van der Waals surface area contributed by atoms with Crippen LogP contribution in [-0.2, 0) is 4.74 Å². The van der Waals surface area contributed by atoms with Gasteiger partial charge in [-0.15, -0.1) is 0 Å². The van der Waals surface area contributed by atoms with Crippen LogP contribution in [0, 0.1) is 5.92 Å². The van der Waals surface area contributed by atoms with Crippen LogP contribution in [-0.4, -0.2) is 50.3 Å². The number of hydrogen-bond acceptors (Lipinski definition) is 4. The van der Waals surface area contributed by atoms with Crippen molar-refractivity contribution in [1.82, 2.24) is 10.2 Å². The second-order valence-corrected chi connectivity index (χ2v) is 5.11. The average molecular weight is 239 g/mol. The van der Waals surface area contributed by atoms with E-state index in [4.69, 9.17) is 4.74 Å². The fraction of sp³-hybridized carbons (Fsp3) is 0.923. The van der Waals surface area contributed by atoms with Crippen molar-refractivity contribution in [1.29, 1.82) is 0 Å². The summed E-state index contributed by atoms with van der Waals surface area (Å²) in [7, 11) is 2.11. The third kappa shape index (κ3) is 3.60. The Morgan fingerprint density at radius 3 is 3.00 bits per heavy atom. The Bertz CT molecular complexity index is 261. The molecule has 0 bridgehead atoms. The monoisotopic (exact) mass is 239 g/mol. The van der Waals surface area contributed by atoms with Gasteiger partial charge in [0.2, 0.25) is 0 Å². The van der Waals surface area contributed by atoms with Gasteiger partial charge in [0.05, 0.1) is 6.10 Å². The SMILES string of the molecule is CCOC1CC(CCNC2=NCCCN2C)C1. The molecule has 0 radical (unpaired) electrons. The van der Waals surface area contributed by atoms with Crippen molar-refractivity contribution in [3.63, 3.8) is 0 Å². The summed E-state index contributed by atoms with van der Waals surface area (Å²) in [5, 5.41) is 3.45. The van der Waals surface area contributed by atoms with Crippen LogP contribution in [0.5, 0.6) is 0 Å². The van der Waals surface area contributed by atoms with E-state index in [0.29, 0.717) is 6.10 Å². The van der Waals surface area contributed by atoms with Gasteiger partial charge in [0.15, 0.2) is 5.96 Å². The molecule has 1 aliphatic carbocycles. The van der Waals surface area contributed by atoms with Crippen molar-refractivity contribution in [2.75, 3.05) is 33.3 Å². The van der Waals surface area contributed by atoms with E-state index in [-0.39, 0.29) is 0 Å². The molecular weight excluding hydrogens is 214 g/mol. The van der Waals surface area contributed by atoms with Gasteiger partial charge in [0.25, 0.3) is 0 Å². The molecule has 0 aromatic heterocycles. The van der Waals surface area contributed by atoms with Gasteiger partial charge in [0, 0.05) is 33.3 Å². The van der Waals surface area contributed by atoms with Crippen LogP contribution in [0.25, 0.3) is 0 Å². The normalized spacial score (nSPS) is 28.6. The first-order valence-corrected chi connectivity index (χ1v) is 6.90. The molecule has 0 spiro atoms. The number of ether oxygens (including phenoxy) is 1. The van der Waals surface area contributed by atoms with Gasteiger partial charge in [-0.05, 0) is 38.5 Å². The van der Waals surface area contributed by atoms with E-state index in [9.17, 15) is 0 Å². The van der Waals surface area contributed by atoms with E-state index in [2.05, 4.69) is 29.2 Å². The number of rotatable bonds is 5. The molecule has 98 valence electrons. The first-order valence-electron chi connectivity index (χ1n) is 6.90. The smallest absolute Gasteiger partial charge is 0.193 e. The van der Waals surface area contributed by atoms with Gasteiger partial charge in [-0.1, -0.05) is 0 Å². The Morgan fingerprint density at radius 1 is 1.47 bits per heavy atom. The molecule has 0 aromatic rings. The van der Waals surface area contributed by atoms with E-state index < -0.39 is 0 Å². The van der Waals surface area contributed by atoms with E-state index in [0.717, 1.165) is 38.1 Å². The predicted molar refractivity (Wildman–Crippen MR) is 70.3 cm³/mol. The van der Waals surface area contributed by atoms with Crippen LogP contribution in [0.3, 0.4) is 0 Å². The van der Waals surface area contributed by atoms with Crippen molar-refractivity contribution >= 4 is 5.96 Å². The quantitative estimate of drug-likeness (QED) is 0.789. The number of hydrogen-bond donors (Lipinski definition) is 1. The zero-order valence-corrected chi connectivity index (χ0v) is 11.1. The van der Waals surface area contributed by atoms with Crippen molar-refractivity contribution in [3.8, 4) is 0 Å². The molecule has 0 aromatic carbocycles. The number of aliphatic imine (C=N–C) groups is 1. The summed E-state index contributed by atoms with van der Waals surface area (Å²) in [6, 6.07) is 0. The van der Waals surface area contributed by atoms with Crippen molar-refractivity contribution < 1.29 is 4.74 Å². The van der Waals surface area contributed by atoms with Gasteiger partial charge in [-0.3, -0.25) is 4.99 Å². The Morgan fingerprint density at radius 2 is 2.29 bits per heavy atom. The lowest BCUT2D eigenvalue weighted by Crippen LogP contribution is -2.43. The first-order chi connectivity index (χ1) is 8.29. The summed E-state index contributed by atoms with van der Waals surface area (Å²) in [5.41, 5.74) is 0. The van der Waals surface area contributed by atoms with Gasteiger partial charge >= 0.3 is 0 Å². The molecule has 2 rings (SSSR count). The molecule has 0 saturated heterocycles. The molecule has 1 heterocycles. The first kappa shape index (κ1) is 12.7. The van der Waals surface area contributed by atoms with E-state index in [1.54, 1.807) is 0 Å². The highest BCUT2D eigenvalue weighted by molar-refractivity contribution is 5.80. The maximum atomic E-state index is 5.57. The molecule has 0 amide bonds. The molecule has 1 aliphatic heterocycles. The highest BCUT2D eigenvalue weighted by Crippen LogP contribution is 2.32. The van der Waals surface area contributed by atoms with Crippen LogP contribution in [0.4, 0.5) is 0 Å². The summed E-state index contributed by atoms with van der Waals surface area (Å²) < 4.78 is 5.57. The maximum absolute atomic E-state index is 5.57. The fourth-order valence-corrected chi connectivity index (χ4v) is 2.58. The maximum Gasteiger partial charge on any atom is 0.193 e. The van der Waals surface area contributed by atoms with E-state index in [1.807, 2.05) is 0 Å². The van der Waals surface area contributed by atoms with Gasteiger partial charge < -0.3 is 15.0 Å². The van der Waals surface area contributed by atoms with Crippen molar-refractivity contribution in [2.24, 2.45) is 10.9 Å². The molecule has 1 N–H and O–H groups in total. The molecule has 1 saturated carbocycles. The Kier molecular flexibility index (Phi) is 4.66. The second-order valence-electron chi connectivity index (χ2n) is 5.11. The highest BCUT2D eigenvalue weighted by atomic mass is 16.5. The van der Waals surface area contributed by atoms with Crippen molar-refractivity contribution in [2.45, 2.75) is 38.7 Å². The zero-order valence-electron chi connectivity index (χ0n) is 11.1. The Balaban J connectivity index is 1.56. The Labute approximate surface area is 104 Å². The zero-order chi connectivity index (χ0) is 12.1. The molecular formula is C13H25N3O. The number of nitrogens with zero attached hydrogens (tertiary/aromatic N) is 2. The summed E-state index contributed by atoms with van der Waals surface area (Å²) >= 11 is 0. The average Bonchev–Trinajstić information content (AvgIpc) is 2.28. The lowest BCUT2D eigenvalue weighted by Gasteiger charge is -2.35. The largest absolute Gasteiger partial charge is 0.378 e. The van der Waals surface area contributed by atoms with Crippen LogP contribution in [0.1, 0.15) is 32.6 Å². The minimum atomic E-state index is 0.541. The van der Waals surface area contributed by atoms with Crippen LogP contribution in [0.15, 0.2) is 4.99 Å². The molecule has 0 atom stereocenters. The second kappa shape index (κ2) is 6.24. The molecule has 2 aliphatic rings. The molecule has 17 heavy (non-hydrogen) atoms. The molecule has 4 heteroatoms. The van der Waals surface area contributed by atoms with Crippen LogP contribution < -0.4 is 5.32 Å². The summed E-state index contributed by atoms with van der Waals surface area (Å²) in [5.74, 6) is 1.94. The van der Waals surface area contributed by atoms with E-state index in [1.165, 1.54) is 25.7 Å². The lowest BCUT2D eigenvalue weighted by molar-refractivity contribution is -0.0260. The topological polar surface area (TPSA) is 36.9 Å². The number of guanidine groups is 1. The molecule has 1 fully saturated rings. The lowest BCUT2D eigenvalue weighted by atomic mass is 9.80. The van der Waals surface area contributed by atoms with Crippen LogP contribution >= 0.6 is 0 Å². The Hall–Kier alpha value is -0.770. The van der Waals surface area contributed by atoms with Gasteiger partial charge in [-0.2, -0.15) is 0 Å². The highest BCUT2D eigenvalue weighted by Gasteiger charge is 2.28. The van der Waals surface area contributed by atoms with Gasteiger partial charge in [0.1, 0.15) is 0 Å². The third-order valence-electron chi connectivity index (χ3n) is 3.71. The van der Waals surface area contributed by atoms with Gasteiger partial charge in [-0.25, -0.2) is 0 Å². The number of nitrogens with one attached hydrogen (secondary N) is 1. The van der Waals surface area contributed by atoms with E-state index >= 15 is 0 Å². The molecule has 0 unspecified atom stereocenters. The summed E-state index contributed by atoms with van der Waals surface area (Å²) in [4.78, 5) is 6.72. The standard InChI is InChI=1S/C13H25N3O/c1-3-17-12-9-11(10-12)5-7-15-13-14-6-4-8-16(13)2/h11-12H,3-10H2,1-2H3,(H,14,15).